The molecule has 0 aliphatic heterocycles. The fourth-order valence-electron chi connectivity index (χ4n) is 0.161. The summed E-state index contributed by atoms with van der Waals surface area (Å²) in [6.07, 6.45) is 0. The first-order valence-electron chi connectivity index (χ1n) is 2.10. The van der Waals surface area contributed by atoms with E-state index in [9.17, 15) is 13.0 Å². The molecule has 1 nitrogen and oxygen atoms in total. The molecule has 0 amide bonds. The highest BCUT2D eigenvalue weighted by atomic mass is 31.2. The summed E-state index contributed by atoms with van der Waals surface area (Å²) in [4.78, 5) is 0. The lowest BCUT2D eigenvalue weighted by Crippen LogP contribution is -1.59. The van der Waals surface area contributed by atoms with Crippen LogP contribution in [0.2, 0.25) is 0 Å². The van der Waals surface area contributed by atoms with Gasteiger partial charge < -0.3 is 0 Å². The van der Waals surface area contributed by atoms with Crippen LogP contribution in [0.4, 0.5) is 8.39 Å². The van der Waals surface area contributed by atoms with Crippen LogP contribution >= 0.6 is 7.76 Å². The van der Waals surface area contributed by atoms with Gasteiger partial charge in [-0.1, -0.05) is 12.5 Å². The zero-order chi connectivity index (χ0) is 7.49. The fourth-order valence-corrected chi connectivity index (χ4v) is 0.482. The van der Waals surface area contributed by atoms with Crippen LogP contribution in [-0.2, 0) is 4.57 Å². The third-order valence-electron chi connectivity index (χ3n) is 0.399. The van der Waals surface area contributed by atoms with Crippen molar-refractivity contribution in [2.75, 3.05) is 0 Å². The Labute approximate surface area is 52.4 Å². The van der Waals surface area contributed by atoms with Gasteiger partial charge in [0, 0.05) is 5.66 Å². The van der Waals surface area contributed by atoms with Crippen LogP contribution in [0.25, 0.3) is 0 Å². The van der Waals surface area contributed by atoms with Crippen molar-refractivity contribution in [3.05, 3.63) is 12.2 Å². The van der Waals surface area contributed by atoms with E-state index in [1.807, 2.05) is 5.92 Å². The van der Waals surface area contributed by atoms with Gasteiger partial charge in [0.2, 0.25) is 0 Å². The van der Waals surface area contributed by atoms with Gasteiger partial charge in [-0.3, -0.25) is 0 Å². The van der Waals surface area contributed by atoms with E-state index in [4.69, 9.17) is 0 Å². The number of halogens is 2. The molecule has 0 rings (SSSR count). The van der Waals surface area contributed by atoms with E-state index in [2.05, 4.69) is 6.58 Å². The maximum absolute atomic E-state index is 11.4. The minimum absolute atomic E-state index is 0.283. The van der Waals surface area contributed by atoms with Gasteiger partial charge >= 0.3 is 7.76 Å². The van der Waals surface area contributed by atoms with Crippen molar-refractivity contribution in [1.29, 1.82) is 0 Å². The second-order valence-corrected chi connectivity index (χ2v) is 2.63. The summed E-state index contributed by atoms with van der Waals surface area (Å²) in [7, 11) is -5.14. The third kappa shape index (κ3) is 7.39. The van der Waals surface area contributed by atoms with Crippen molar-refractivity contribution >= 4 is 7.76 Å². The molecule has 0 heterocycles. The molecule has 0 aromatic rings. The van der Waals surface area contributed by atoms with Gasteiger partial charge in [-0.2, -0.15) is 0 Å². The van der Waals surface area contributed by atoms with Gasteiger partial charge in [-0.05, 0) is 12.5 Å². The molecule has 0 unspecified atom stereocenters. The summed E-state index contributed by atoms with van der Waals surface area (Å²) >= 11 is 0. The molecule has 9 heavy (non-hydrogen) atoms. The van der Waals surface area contributed by atoms with Crippen LogP contribution in [0, 0.1) is 11.6 Å². The van der Waals surface area contributed by atoms with Gasteiger partial charge in [0.25, 0.3) is 0 Å². The maximum atomic E-state index is 11.4. The van der Waals surface area contributed by atoms with Crippen LogP contribution < -0.4 is 0 Å². The van der Waals surface area contributed by atoms with Crippen LogP contribution in [0.15, 0.2) is 12.2 Å². The second-order valence-electron chi connectivity index (χ2n) is 1.48. The molecule has 0 aliphatic rings. The zero-order valence-electron chi connectivity index (χ0n) is 4.82. The van der Waals surface area contributed by atoms with Gasteiger partial charge in [0.1, 0.15) is 0 Å². The first kappa shape index (κ1) is 8.39. The Kier molecular flexibility index (Phi) is 2.61. The highest BCUT2D eigenvalue weighted by Gasteiger charge is 2.12. The van der Waals surface area contributed by atoms with E-state index in [0.29, 0.717) is 0 Å². The number of rotatable bonds is 0. The summed E-state index contributed by atoms with van der Waals surface area (Å²) < 4.78 is 32.4. The molecule has 0 aromatic carbocycles. The van der Waals surface area contributed by atoms with Crippen LogP contribution in [0.3, 0.4) is 0 Å². The first-order chi connectivity index (χ1) is 3.92. The molecular weight excluding hydrogens is 145 g/mol. The summed E-state index contributed by atoms with van der Waals surface area (Å²) in [6.45, 7) is 4.69. The minimum atomic E-state index is -5.14. The molecule has 0 radical (unpaired) electrons. The van der Waals surface area contributed by atoms with E-state index >= 15 is 0 Å². The summed E-state index contributed by atoms with van der Waals surface area (Å²) in [5, 5.41) is 0. The maximum Gasteiger partial charge on any atom is 0.478 e. The largest absolute Gasteiger partial charge is 0.478 e. The van der Waals surface area contributed by atoms with E-state index in [0.717, 1.165) is 0 Å². The topological polar surface area (TPSA) is 17.1 Å². The second kappa shape index (κ2) is 2.80. The quantitative estimate of drug-likeness (QED) is 0.383. The SMILES string of the molecule is C=C(C)C#CP(=O)(F)F. The molecule has 0 saturated heterocycles. The Morgan fingerprint density at radius 3 is 2.22 bits per heavy atom. The molecule has 0 aliphatic carbocycles. The van der Waals surface area contributed by atoms with Crippen LogP contribution in [0.1, 0.15) is 6.92 Å². The standard InChI is InChI=1S/C5H5F2OP/c1-5(2)3-4-9(6,7)8/h1H2,2H3. The van der Waals surface area contributed by atoms with E-state index in [1.165, 1.54) is 12.6 Å². The molecule has 0 fully saturated rings. The molecule has 0 bridgehead atoms. The average molecular weight is 150 g/mol. The molecular formula is C5H5F2OP. The predicted octanol–water partition coefficient (Wildman–Crippen LogP) is 2.66. The minimum Gasteiger partial charge on any atom is -0.235 e. The Morgan fingerprint density at radius 1 is 1.67 bits per heavy atom. The lowest BCUT2D eigenvalue weighted by molar-refractivity contribution is 0.508. The van der Waals surface area contributed by atoms with Crippen LogP contribution in [-0.4, -0.2) is 0 Å². The number of allylic oxidation sites excluding steroid dienone is 1. The molecule has 50 valence electrons. The molecule has 0 saturated carbocycles. The molecule has 0 spiro atoms. The Morgan fingerprint density at radius 2 is 2.11 bits per heavy atom. The molecule has 4 heteroatoms. The Bertz CT molecular complexity index is 217. The molecule has 0 N–H and O–H groups in total. The molecule has 0 aromatic heterocycles. The van der Waals surface area contributed by atoms with Crippen molar-refractivity contribution in [3.63, 3.8) is 0 Å². The van der Waals surface area contributed by atoms with Crippen molar-refractivity contribution in [2.45, 2.75) is 6.92 Å². The highest BCUT2D eigenvalue weighted by molar-refractivity contribution is 7.58. The van der Waals surface area contributed by atoms with Gasteiger partial charge in [0.15, 0.2) is 0 Å². The lowest BCUT2D eigenvalue weighted by atomic mass is 10.4. The van der Waals surface area contributed by atoms with E-state index in [-0.39, 0.29) is 5.57 Å². The van der Waals surface area contributed by atoms with Crippen molar-refractivity contribution in [2.24, 2.45) is 0 Å². The van der Waals surface area contributed by atoms with Crippen molar-refractivity contribution < 1.29 is 13.0 Å². The predicted molar refractivity (Wildman–Crippen MR) is 32.4 cm³/mol. The van der Waals surface area contributed by atoms with Crippen molar-refractivity contribution in [3.8, 4) is 11.6 Å². The third-order valence-corrected chi connectivity index (χ3v) is 0.772. The highest BCUT2D eigenvalue weighted by Crippen LogP contribution is 2.47. The summed E-state index contributed by atoms with van der Waals surface area (Å²) in [5.41, 5.74) is 1.58. The molecule has 0 atom stereocenters. The Hall–Kier alpha value is -0.610. The van der Waals surface area contributed by atoms with Crippen LogP contribution in [0.5, 0.6) is 0 Å². The van der Waals surface area contributed by atoms with Gasteiger partial charge in [-0.15, -0.1) is 8.39 Å². The van der Waals surface area contributed by atoms with Crippen molar-refractivity contribution in [1.82, 2.24) is 0 Å². The monoisotopic (exact) mass is 150 g/mol. The van der Waals surface area contributed by atoms with Gasteiger partial charge in [0.05, 0.1) is 0 Å². The first-order valence-corrected chi connectivity index (χ1v) is 3.59. The number of hydrogen-bond acceptors (Lipinski definition) is 1. The Balaban J connectivity index is 4.22. The van der Waals surface area contributed by atoms with E-state index in [1.54, 1.807) is 0 Å². The van der Waals surface area contributed by atoms with Gasteiger partial charge in [-0.25, -0.2) is 4.57 Å². The smallest absolute Gasteiger partial charge is 0.235 e. The summed E-state index contributed by atoms with van der Waals surface area (Å²) in [6, 6.07) is 0. The fraction of sp³-hybridized carbons (Fsp3) is 0.200. The lowest BCUT2D eigenvalue weighted by Gasteiger charge is -1.80. The average Bonchev–Trinajstić information content (AvgIpc) is 1.59. The number of hydrogen-bond donors (Lipinski definition) is 0. The zero-order valence-corrected chi connectivity index (χ0v) is 5.71. The van der Waals surface area contributed by atoms with E-state index < -0.39 is 7.76 Å². The summed E-state index contributed by atoms with van der Waals surface area (Å²) in [5.74, 6) is 1.93. The normalized spacial score (nSPS) is 9.67.